The lowest BCUT2D eigenvalue weighted by Gasteiger charge is -2.06. The Morgan fingerprint density at radius 2 is 2.19 bits per heavy atom. The van der Waals surface area contributed by atoms with Gasteiger partial charge in [-0.25, -0.2) is 4.98 Å². The summed E-state index contributed by atoms with van der Waals surface area (Å²) in [6.07, 6.45) is 0.656. The van der Waals surface area contributed by atoms with Gasteiger partial charge in [0.05, 0.1) is 5.75 Å². The molecule has 0 aliphatic carbocycles. The molecule has 26 heavy (non-hydrogen) atoms. The number of aryl methyl sites for hydroxylation is 3. The molecule has 2 aromatic heterocycles. The van der Waals surface area contributed by atoms with E-state index in [1.165, 1.54) is 11.8 Å². The highest BCUT2D eigenvalue weighted by Crippen LogP contribution is 2.20. The van der Waals surface area contributed by atoms with Crippen molar-refractivity contribution in [1.82, 2.24) is 25.3 Å². The van der Waals surface area contributed by atoms with Crippen molar-refractivity contribution in [3.05, 3.63) is 45.8 Å². The average molecular weight is 437 g/mol. The normalized spacial score (nSPS) is 10.9. The van der Waals surface area contributed by atoms with Crippen molar-refractivity contribution in [2.24, 2.45) is 0 Å². The van der Waals surface area contributed by atoms with Crippen LogP contribution in [-0.4, -0.2) is 31.2 Å². The largest absolute Gasteiger partial charge is 0.339 e. The van der Waals surface area contributed by atoms with Crippen LogP contribution in [0.4, 0.5) is 5.69 Å². The first-order valence-electron chi connectivity index (χ1n) is 7.89. The van der Waals surface area contributed by atoms with Gasteiger partial charge in [0.15, 0.2) is 5.82 Å². The minimum Gasteiger partial charge on any atom is -0.339 e. The summed E-state index contributed by atoms with van der Waals surface area (Å²) in [6.45, 7) is 3.81. The first-order chi connectivity index (χ1) is 12.5. The Hall–Kier alpha value is -2.20. The van der Waals surface area contributed by atoms with Crippen LogP contribution in [0, 0.1) is 13.8 Å². The molecular formula is C16H17BrN6O2S. The number of nitrogens with zero attached hydrogens (tertiary/aromatic N) is 4. The predicted octanol–water partition coefficient (Wildman–Crippen LogP) is 3.43. The van der Waals surface area contributed by atoms with Crippen molar-refractivity contribution in [2.45, 2.75) is 37.6 Å². The summed E-state index contributed by atoms with van der Waals surface area (Å²) >= 11 is 4.85. The fourth-order valence-corrected chi connectivity index (χ4v) is 3.07. The average Bonchev–Trinajstić information content (AvgIpc) is 3.23. The Morgan fingerprint density at radius 1 is 1.35 bits per heavy atom. The first-order valence-corrected chi connectivity index (χ1v) is 9.67. The minimum absolute atomic E-state index is 0.1000. The van der Waals surface area contributed by atoms with Gasteiger partial charge in [0.1, 0.15) is 5.82 Å². The molecule has 8 nitrogen and oxygen atoms in total. The van der Waals surface area contributed by atoms with Gasteiger partial charge in [-0.05, 0) is 37.6 Å². The zero-order valence-corrected chi connectivity index (χ0v) is 16.6. The third kappa shape index (κ3) is 5.15. The van der Waals surface area contributed by atoms with Crippen LogP contribution < -0.4 is 5.32 Å². The highest BCUT2D eigenvalue weighted by atomic mass is 79.9. The molecule has 3 rings (SSSR count). The zero-order valence-electron chi connectivity index (χ0n) is 14.2. The summed E-state index contributed by atoms with van der Waals surface area (Å²) in [5, 5.41) is 14.2. The van der Waals surface area contributed by atoms with E-state index in [1.54, 1.807) is 0 Å². The number of H-pyrrole nitrogens is 1. The lowest BCUT2D eigenvalue weighted by Crippen LogP contribution is -2.12. The molecule has 136 valence electrons. The third-order valence-corrected chi connectivity index (χ3v) is 5.16. The standard InChI is InChI=1S/C16H17BrN6O2S/c1-9-7-11(3-4-12(9)17)19-14(24)5-6-15-20-13(23-25-15)8-26-16-18-10(2)21-22-16/h3-4,7H,5-6,8H2,1-2H3,(H,19,24)(H,18,21,22). The van der Waals surface area contributed by atoms with Crippen molar-refractivity contribution < 1.29 is 9.32 Å². The maximum atomic E-state index is 12.1. The Morgan fingerprint density at radius 3 is 2.92 bits per heavy atom. The molecule has 2 N–H and O–H groups in total. The lowest BCUT2D eigenvalue weighted by atomic mass is 10.2. The Labute approximate surface area is 162 Å². The third-order valence-electron chi connectivity index (χ3n) is 3.42. The molecule has 0 saturated heterocycles. The van der Waals surface area contributed by atoms with Crippen LogP contribution in [0.25, 0.3) is 0 Å². The second kappa shape index (κ2) is 8.45. The Balaban J connectivity index is 1.46. The van der Waals surface area contributed by atoms with Gasteiger partial charge in [0, 0.05) is 23.0 Å². The molecule has 3 aromatic rings. The molecule has 0 saturated carbocycles. The van der Waals surface area contributed by atoms with E-state index in [2.05, 4.69) is 46.6 Å². The van der Waals surface area contributed by atoms with Crippen molar-refractivity contribution in [1.29, 1.82) is 0 Å². The number of halogens is 1. The zero-order chi connectivity index (χ0) is 18.5. The van der Waals surface area contributed by atoms with Crippen LogP contribution in [0.3, 0.4) is 0 Å². The fraction of sp³-hybridized carbons (Fsp3) is 0.312. The topological polar surface area (TPSA) is 110 Å². The van der Waals surface area contributed by atoms with E-state index >= 15 is 0 Å². The van der Waals surface area contributed by atoms with Gasteiger partial charge in [-0.2, -0.15) is 4.98 Å². The quantitative estimate of drug-likeness (QED) is 0.545. The number of rotatable bonds is 7. The van der Waals surface area contributed by atoms with Crippen LogP contribution in [0.15, 0.2) is 32.4 Å². The van der Waals surface area contributed by atoms with Crippen LogP contribution >= 0.6 is 27.7 Å². The molecule has 0 spiro atoms. The van der Waals surface area contributed by atoms with Crippen molar-refractivity contribution in [2.75, 3.05) is 5.32 Å². The summed E-state index contributed by atoms with van der Waals surface area (Å²) < 4.78 is 6.19. The van der Waals surface area contributed by atoms with Crippen LogP contribution in [0.5, 0.6) is 0 Å². The number of nitrogens with one attached hydrogen (secondary N) is 2. The van der Waals surface area contributed by atoms with E-state index in [4.69, 9.17) is 4.52 Å². The van der Waals surface area contributed by atoms with E-state index in [-0.39, 0.29) is 12.3 Å². The highest BCUT2D eigenvalue weighted by molar-refractivity contribution is 9.10. The SMILES string of the molecule is Cc1nc(SCc2noc(CCC(=O)Nc3ccc(Br)c(C)c3)n2)n[nH]1. The number of thioether (sulfide) groups is 1. The number of amides is 1. The number of anilines is 1. The molecule has 0 aliphatic rings. The summed E-state index contributed by atoms with van der Waals surface area (Å²) in [6, 6.07) is 5.67. The maximum absolute atomic E-state index is 12.1. The maximum Gasteiger partial charge on any atom is 0.227 e. The summed E-state index contributed by atoms with van der Waals surface area (Å²) in [5.74, 6) is 2.15. The van der Waals surface area contributed by atoms with E-state index in [9.17, 15) is 4.79 Å². The van der Waals surface area contributed by atoms with E-state index in [0.29, 0.717) is 29.0 Å². The summed E-state index contributed by atoms with van der Waals surface area (Å²) in [4.78, 5) is 20.5. The van der Waals surface area contributed by atoms with Crippen LogP contribution in [-0.2, 0) is 17.0 Å². The highest BCUT2D eigenvalue weighted by Gasteiger charge is 2.11. The monoisotopic (exact) mass is 436 g/mol. The number of hydrogen-bond acceptors (Lipinski definition) is 7. The summed E-state index contributed by atoms with van der Waals surface area (Å²) in [7, 11) is 0. The molecule has 1 amide bonds. The van der Waals surface area contributed by atoms with E-state index in [1.807, 2.05) is 32.0 Å². The molecule has 0 aliphatic heterocycles. The minimum atomic E-state index is -0.1000. The molecule has 0 atom stereocenters. The van der Waals surface area contributed by atoms with Crippen molar-refractivity contribution >= 4 is 39.3 Å². The molecule has 10 heteroatoms. The van der Waals surface area contributed by atoms with E-state index < -0.39 is 0 Å². The fourth-order valence-electron chi connectivity index (χ4n) is 2.13. The van der Waals surface area contributed by atoms with Gasteiger partial charge < -0.3 is 9.84 Å². The molecule has 0 radical (unpaired) electrons. The molecule has 1 aromatic carbocycles. The van der Waals surface area contributed by atoms with Crippen molar-refractivity contribution in [3.63, 3.8) is 0 Å². The lowest BCUT2D eigenvalue weighted by molar-refractivity contribution is -0.116. The molecular weight excluding hydrogens is 420 g/mol. The van der Waals surface area contributed by atoms with Crippen LogP contribution in [0.1, 0.15) is 29.5 Å². The number of aromatic amines is 1. The number of carbonyl (C=O) groups is 1. The van der Waals surface area contributed by atoms with Crippen molar-refractivity contribution in [3.8, 4) is 0 Å². The Kier molecular flexibility index (Phi) is 6.04. The first kappa shape index (κ1) is 18.6. The summed E-state index contributed by atoms with van der Waals surface area (Å²) in [5.41, 5.74) is 1.82. The number of benzene rings is 1. The van der Waals surface area contributed by atoms with Gasteiger partial charge >= 0.3 is 0 Å². The van der Waals surface area contributed by atoms with E-state index in [0.717, 1.165) is 21.5 Å². The van der Waals surface area contributed by atoms with Gasteiger partial charge in [-0.1, -0.05) is 32.8 Å². The number of carbonyl (C=O) groups excluding carboxylic acids is 1. The molecule has 0 bridgehead atoms. The number of hydrogen-bond donors (Lipinski definition) is 2. The molecule has 0 unspecified atom stereocenters. The Bertz CT molecular complexity index is 910. The van der Waals surface area contributed by atoms with Gasteiger partial charge in [-0.15, -0.1) is 5.10 Å². The number of aromatic nitrogens is 5. The predicted molar refractivity (Wildman–Crippen MR) is 101 cm³/mol. The smallest absolute Gasteiger partial charge is 0.227 e. The van der Waals surface area contributed by atoms with Crippen LogP contribution in [0.2, 0.25) is 0 Å². The van der Waals surface area contributed by atoms with Gasteiger partial charge in [-0.3, -0.25) is 9.89 Å². The second-order valence-corrected chi connectivity index (χ2v) is 7.41. The van der Waals surface area contributed by atoms with Gasteiger partial charge in [0.2, 0.25) is 17.0 Å². The second-order valence-electron chi connectivity index (χ2n) is 5.61. The molecule has 0 fully saturated rings. The van der Waals surface area contributed by atoms with Gasteiger partial charge in [0.25, 0.3) is 0 Å². The molecule has 2 heterocycles.